The Kier molecular flexibility index (Phi) is 4.76. The molecule has 0 aliphatic carbocycles. The van der Waals surface area contributed by atoms with E-state index in [4.69, 9.17) is 9.15 Å². The summed E-state index contributed by atoms with van der Waals surface area (Å²) < 4.78 is 10.8. The molecule has 1 N–H and O–H groups in total. The minimum absolute atomic E-state index is 0.174. The average Bonchev–Trinajstić information content (AvgIpc) is 2.99. The summed E-state index contributed by atoms with van der Waals surface area (Å²) in [6.45, 7) is 0. The number of benzene rings is 2. The summed E-state index contributed by atoms with van der Waals surface area (Å²) >= 11 is 0.945. The highest BCUT2D eigenvalue weighted by Crippen LogP contribution is 2.23. The van der Waals surface area contributed by atoms with Crippen LogP contribution in [0.25, 0.3) is 16.4 Å². The molecule has 0 aliphatic heterocycles. The Morgan fingerprint density at radius 3 is 2.64 bits per heavy atom. The molecule has 1 aromatic heterocycles. The molecular formula is C18H13NO5S. The van der Waals surface area contributed by atoms with Gasteiger partial charge < -0.3 is 14.5 Å². The first-order chi connectivity index (χ1) is 12.0. The monoisotopic (exact) mass is 355 g/mol. The lowest BCUT2D eigenvalue weighted by molar-refractivity contribution is -0.128. The molecule has 3 rings (SSSR count). The molecule has 0 saturated heterocycles. The van der Waals surface area contributed by atoms with Gasteiger partial charge in [-0.3, -0.25) is 4.79 Å². The molecule has 0 unspecified atom stereocenters. The summed E-state index contributed by atoms with van der Waals surface area (Å²) in [5, 5.41) is 2.54. The number of rotatable bonds is 4. The van der Waals surface area contributed by atoms with Crippen LogP contribution in [0, 0.1) is 0 Å². The standard InChI is InChI=1S/C18H13NO5S/c1-19-17(21)12-5-2-11(3-6-12)4-9-16(20)23-13-7-8-14-15(10-13)25-18(22)24-14/h2-10H,1H3,(H,19,21)/b9-4+. The number of hydrogen-bond donors (Lipinski definition) is 1. The van der Waals surface area contributed by atoms with Crippen molar-refractivity contribution in [3.05, 3.63) is 69.4 Å². The molecule has 7 heteroatoms. The SMILES string of the molecule is CNC(=O)c1ccc(/C=C/C(=O)Oc2ccc3oc(=O)sc3c2)cc1. The van der Waals surface area contributed by atoms with Gasteiger partial charge in [0.2, 0.25) is 0 Å². The number of carbonyl (C=O) groups is 2. The van der Waals surface area contributed by atoms with Crippen molar-refractivity contribution in [2.24, 2.45) is 0 Å². The second kappa shape index (κ2) is 7.14. The Morgan fingerprint density at radius 2 is 1.92 bits per heavy atom. The van der Waals surface area contributed by atoms with Crippen molar-refractivity contribution in [3.8, 4) is 5.75 Å². The number of carbonyl (C=O) groups excluding carboxylic acids is 2. The van der Waals surface area contributed by atoms with Crippen LogP contribution in [0.2, 0.25) is 0 Å². The van der Waals surface area contributed by atoms with Crippen molar-refractivity contribution in [1.82, 2.24) is 5.32 Å². The van der Waals surface area contributed by atoms with Crippen LogP contribution in [-0.4, -0.2) is 18.9 Å². The van der Waals surface area contributed by atoms with Crippen molar-refractivity contribution < 1.29 is 18.7 Å². The zero-order valence-corrected chi connectivity index (χ0v) is 14.0. The molecule has 0 spiro atoms. The summed E-state index contributed by atoms with van der Waals surface area (Å²) in [4.78, 5) is 34.1. The highest BCUT2D eigenvalue weighted by atomic mass is 32.1. The molecule has 0 saturated carbocycles. The van der Waals surface area contributed by atoms with Crippen LogP contribution in [0.1, 0.15) is 15.9 Å². The maximum atomic E-state index is 11.9. The minimum atomic E-state index is -0.550. The summed E-state index contributed by atoms with van der Waals surface area (Å²) in [6.07, 6.45) is 2.88. The Hall–Kier alpha value is -3.19. The van der Waals surface area contributed by atoms with E-state index in [0.717, 1.165) is 16.9 Å². The van der Waals surface area contributed by atoms with Crippen molar-refractivity contribution in [3.63, 3.8) is 0 Å². The van der Waals surface area contributed by atoms with Crippen molar-refractivity contribution in [2.45, 2.75) is 0 Å². The van der Waals surface area contributed by atoms with Gasteiger partial charge in [0.05, 0.1) is 4.70 Å². The molecule has 2 aromatic carbocycles. The number of hydrogen-bond acceptors (Lipinski definition) is 6. The second-order valence-electron chi connectivity index (χ2n) is 5.02. The molecule has 0 bridgehead atoms. The van der Waals surface area contributed by atoms with Crippen LogP contribution in [0.4, 0.5) is 0 Å². The highest BCUT2D eigenvalue weighted by molar-refractivity contribution is 7.16. The van der Waals surface area contributed by atoms with Crippen LogP contribution >= 0.6 is 11.3 Å². The Morgan fingerprint density at radius 1 is 1.16 bits per heavy atom. The molecule has 3 aromatic rings. The Balaban J connectivity index is 1.67. The van der Waals surface area contributed by atoms with Crippen molar-refractivity contribution in [1.29, 1.82) is 0 Å². The first kappa shape index (κ1) is 16.7. The van der Waals surface area contributed by atoms with E-state index in [-0.39, 0.29) is 5.91 Å². The molecule has 0 fully saturated rings. The molecule has 126 valence electrons. The topological polar surface area (TPSA) is 85.6 Å². The van der Waals surface area contributed by atoms with Gasteiger partial charge in [-0.1, -0.05) is 23.5 Å². The van der Waals surface area contributed by atoms with Gasteiger partial charge in [0.1, 0.15) is 11.3 Å². The lowest BCUT2D eigenvalue weighted by Gasteiger charge is -2.01. The maximum Gasteiger partial charge on any atom is 0.396 e. The molecule has 0 atom stereocenters. The Labute approximate surface area is 146 Å². The van der Waals surface area contributed by atoms with Gasteiger partial charge in [0.25, 0.3) is 5.91 Å². The molecule has 0 radical (unpaired) electrons. The third kappa shape index (κ3) is 4.02. The largest absolute Gasteiger partial charge is 0.423 e. The predicted octanol–water partition coefficient (Wildman–Crippen LogP) is 2.83. The normalized spacial score (nSPS) is 10.9. The van der Waals surface area contributed by atoms with Gasteiger partial charge in [-0.2, -0.15) is 0 Å². The third-order valence-electron chi connectivity index (χ3n) is 3.33. The highest BCUT2D eigenvalue weighted by Gasteiger charge is 2.06. The van der Waals surface area contributed by atoms with Crippen LogP contribution in [0.15, 0.2) is 57.8 Å². The van der Waals surface area contributed by atoms with Crippen molar-refractivity contribution in [2.75, 3.05) is 7.05 Å². The van der Waals surface area contributed by atoms with Gasteiger partial charge in [-0.15, -0.1) is 0 Å². The summed E-state index contributed by atoms with van der Waals surface area (Å²) in [7, 11) is 1.56. The first-order valence-electron chi connectivity index (χ1n) is 7.31. The fourth-order valence-electron chi connectivity index (χ4n) is 2.12. The molecule has 1 heterocycles. The fraction of sp³-hybridized carbons (Fsp3) is 0.0556. The predicted molar refractivity (Wildman–Crippen MR) is 94.9 cm³/mol. The van der Waals surface area contributed by atoms with Crippen LogP contribution in [0.5, 0.6) is 5.75 Å². The van der Waals surface area contributed by atoms with Crippen LogP contribution in [0.3, 0.4) is 0 Å². The number of ether oxygens (including phenoxy) is 1. The zero-order chi connectivity index (χ0) is 17.8. The zero-order valence-electron chi connectivity index (χ0n) is 13.1. The number of nitrogens with one attached hydrogen (secondary N) is 1. The summed E-state index contributed by atoms with van der Waals surface area (Å²) in [5.74, 6) is -0.397. The van der Waals surface area contributed by atoms with Gasteiger partial charge in [-0.25, -0.2) is 9.59 Å². The average molecular weight is 355 g/mol. The van der Waals surface area contributed by atoms with E-state index in [1.807, 2.05) is 0 Å². The maximum absolute atomic E-state index is 11.9. The Bertz CT molecular complexity index is 1010. The summed E-state index contributed by atoms with van der Waals surface area (Å²) in [5.41, 5.74) is 1.75. The van der Waals surface area contributed by atoms with E-state index in [1.54, 1.807) is 55.6 Å². The third-order valence-corrected chi connectivity index (χ3v) is 4.12. The van der Waals surface area contributed by atoms with E-state index in [0.29, 0.717) is 21.6 Å². The number of amides is 1. The molecular weight excluding hydrogens is 342 g/mol. The van der Waals surface area contributed by atoms with Crippen LogP contribution < -0.4 is 15.0 Å². The minimum Gasteiger partial charge on any atom is -0.423 e. The lowest BCUT2D eigenvalue weighted by atomic mass is 10.1. The molecule has 1 amide bonds. The van der Waals surface area contributed by atoms with E-state index in [2.05, 4.69) is 5.32 Å². The fourth-order valence-corrected chi connectivity index (χ4v) is 2.82. The first-order valence-corrected chi connectivity index (χ1v) is 8.12. The number of fused-ring (bicyclic) bond motifs is 1. The van der Waals surface area contributed by atoms with E-state index in [1.165, 1.54) is 6.08 Å². The quantitative estimate of drug-likeness (QED) is 0.442. The smallest absolute Gasteiger partial charge is 0.396 e. The van der Waals surface area contributed by atoms with E-state index >= 15 is 0 Å². The van der Waals surface area contributed by atoms with E-state index in [9.17, 15) is 14.4 Å². The summed E-state index contributed by atoms with van der Waals surface area (Å²) in [6, 6.07) is 11.5. The molecule has 6 nitrogen and oxygen atoms in total. The van der Waals surface area contributed by atoms with Crippen LogP contribution in [-0.2, 0) is 4.79 Å². The molecule has 0 aliphatic rings. The van der Waals surface area contributed by atoms with Gasteiger partial charge in [0, 0.05) is 24.8 Å². The van der Waals surface area contributed by atoms with E-state index < -0.39 is 10.9 Å². The lowest BCUT2D eigenvalue weighted by Crippen LogP contribution is -2.17. The van der Waals surface area contributed by atoms with Gasteiger partial charge in [-0.05, 0) is 35.9 Å². The van der Waals surface area contributed by atoms with Gasteiger partial charge >= 0.3 is 10.9 Å². The molecule has 25 heavy (non-hydrogen) atoms. The number of esters is 1. The van der Waals surface area contributed by atoms with Gasteiger partial charge in [0.15, 0.2) is 0 Å². The second-order valence-corrected chi connectivity index (χ2v) is 6.00. The van der Waals surface area contributed by atoms with Crippen molar-refractivity contribution >= 4 is 39.6 Å².